The van der Waals surface area contributed by atoms with Crippen LogP contribution in [-0.2, 0) is 11.3 Å². The molecule has 0 aliphatic carbocycles. The smallest absolute Gasteiger partial charge is 0.293 e. The van der Waals surface area contributed by atoms with Gasteiger partial charge in [0.05, 0.1) is 23.6 Å². The molecule has 1 fully saturated rings. The third-order valence-corrected chi connectivity index (χ3v) is 5.20. The van der Waals surface area contributed by atoms with Crippen molar-refractivity contribution in [2.75, 3.05) is 7.11 Å². The van der Waals surface area contributed by atoms with Crippen molar-refractivity contribution in [2.45, 2.75) is 6.54 Å². The Morgan fingerprint density at radius 3 is 2.56 bits per heavy atom. The van der Waals surface area contributed by atoms with Crippen molar-refractivity contribution in [3.63, 3.8) is 0 Å². The summed E-state index contributed by atoms with van der Waals surface area (Å²) >= 11 is 13.1. The predicted molar refractivity (Wildman–Crippen MR) is 101 cm³/mol. The van der Waals surface area contributed by atoms with Gasteiger partial charge in [-0.25, -0.2) is 0 Å². The number of thioether (sulfide) groups is 1. The van der Waals surface area contributed by atoms with Gasteiger partial charge in [-0.1, -0.05) is 47.5 Å². The van der Waals surface area contributed by atoms with Gasteiger partial charge in [0.15, 0.2) is 0 Å². The average Bonchev–Trinajstić information content (AvgIpc) is 2.84. The zero-order valence-electron chi connectivity index (χ0n) is 13.2. The quantitative estimate of drug-likeness (QED) is 0.666. The molecular weight excluding hydrogens is 381 g/mol. The Morgan fingerprint density at radius 2 is 1.88 bits per heavy atom. The zero-order valence-corrected chi connectivity index (χ0v) is 15.5. The number of halogens is 2. The molecule has 1 saturated heterocycles. The summed E-state index contributed by atoms with van der Waals surface area (Å²) in [7, 11) is 1.53. The lowest BCUT2D eigenvalue weighted by Gasteiger charge is -2.13. The summed E-state index contributed by atoms with van der Waals surface area (Å²) in [5.74, 6) is 0.201. The van der Waals surface area contributed by atoms with Gasteiger partial charge in [-0.3, -0.25) is 14.5 Å². The second-order valence-electron chi connectivity index (χ2n) is 5.25. The molecule has 0 unspecified atom stereocenters. The number of imide groups is 1. The van der Waals surface area contributed by atoms with Crippen molar-refractivity contribution in [1.82, 2.24) is 4.90 Å². The Hall–Kier alpha value is -1.95. The summed E-state index contributed by atoms with van der Waals surface area (Å²) in [6.07, 6.45) is 1.64. The number of amides is 2. The fourth-order valence-corrected chi connectivity index (χ4v) is 3.66. The molecule has 1 aliphatic heterocycles. The molecule has 3 rings (SSSR count). The number of hydrogen-bond donors (Lipinski definition) is 0. The Morgan fingerprint density at radius 1 is 1.12 bits per heavy atom. The maximum absolute atomic E-state index is 12.6. The second kappa shape index (κ2) is 7.52. The summed E-state index contributed by atoms with van der Waals surface area (Å²) in [6.45, 7) is 0.144. The summed E-state index contributed by atoms with van der Waals surface area (Å²) in [6, 6.07) is 12.3. The van der Waals surface area contributed by atoms with Crippen LogP contribution in [0.5, 0.6) is 5.75 Å². The van der Waals surface area contributed by atoms with Gasteiger partial charge in [0.2, 0.25) is 0 Å². The first kappa shape index (κ1) is 17.9. The average molecular weight is 394 g/mol. The maximum atomic E-state index is 12.6. The van der Waals surface area contributed by atoms with Crippen LogP contribution >= 0.6 is 35.0 Å². The van der Waals surface area contributed by atoms with Gasteiger partial charge < -0.3 is 4.74 Å². The molecule has 0 radical (unpaired) electrons. The van der Waals surface area contributed by atoms with Gasteiger partial charge in [0.1, 0.15) is 5.75 Å². The number of hydrogen-bond acceptors (Lipinski definition) is 4. The maximum Gasteiger partial charge on any atom is 0.293 e. The molecule has 25 heavy (non-hydrogen) atoms. The van der Waals surface area contributed by atoms with Crippen LogP contribution in [0.2, 0.25) is 10.0 Å². The van der Waals surface area contributed by atoms with E-state index in [9.17, 15) is 9.59 Å². The first-order chi connectivity index (χ1) is 12.0. The Balaban J connectivity index is 1.83. The highest BCUT2D eigenvalue weighted by atomic mass is 35.5. The number of nitrogens with zero attached hydrogens (tertiary/aromatic N) is 1. The van der Waals surface area contributed by atoms with Gasteiger partial charge >= 0.3 is 0 Å². The molecule has 2 aromatic carbocycles. The van der Waals surface area contributed by atoms with Crippen LogP contribution < -0.4 is 4.74 Å². The number of benzene rings is 2. The lowest BCUT2D eigenvalue weighted by atomic mass is 10.2. The summed E-state index contributed by atoms with van der Waals surface area (Å²) in [5, 5.41) is 0.634. The molecule has 0 saturated carbocycles. The monoisotopic (exact) mass is 393 g/mol. The molecule has 7 heteroatoms. The molecule has 0 atom stereocenters. The van der Waals surface area contributed by atoms with Crippen molar-refractivity contribution in [2.24, 2.45) is 0 Å². The van der Waals surface area contributed by atoms with Crippen LogP contribution in [0.15, 0.2) is 47.4 Å². The van der Waals surface area contributed by atoms with E-state index in [1.807, 2.05) is 6.07 Å². The van der Waals surface area contributed by atoms with E-state index in [2.05, 4.69) is 0 Å². The molecule has 4 nitrogen and oxygen atoms in total. The highest BCUT2D eigenvalue weighted by Gasteiger charge is 2.35. The predicted octanol–water partition coefficient (Wildman–Crippen LogP) is 5.24. The highest BCUT2D eigenvalue weighted by Crippen LogP contribution is 2.35. The van der Waals surface area contributed by atoms with E-state index in [1.54, 1.807) is 42.5 Å². The van der Waals surface area contributed by atoms with Crippen molar-refractivity contribution in [3.8, 4) is 5.75 Å². The normalized spacial score (nSPS) is 16.0. The van der Waals surface area contributed by atoms with Gasteiger partial charge in [0.25, 0.3) is 11.1 Å². The van der Waals surface area contributed by atoms with Gasteiger partial charge in [-0.2, -0.15) is 0 Å². The molecule has 2 amide bonds. The standard InChI is InChI=1S/C18H13Cl2NO3S/c1-24-15-7-6-11(8-14(15)20)9-16-17(22)21(18(23)25-16)10-12-4-2-3-5-13(12)19/h2-9H,10H2,1H3/b16-9-. The number of carbonyl (C=O) groups is 2. The minimum absolute atomic E-state index is 0.144. The number of carbonyl (C=O) groups excluding carboxylic acids is 2. The second-order valence-corrected chi connectivity index (χ2v) is 7.06. The Kier molecular flexibility index (Phi) is 5.37. The van der Waals surface area contributed by atoms with E-state index in [0.717, 1.165) is 17.3 Å². The van der Waals surface area contributed by atoms with Crippen LogP contribution in [0.3, 0.4) is 0 Å². The SMILES string of the molecule is COc1ccc(/C=C2\SC(=O)N(Cc3ccccc3Cl)C2=O)cc1Cl. The topological polar surface area (TPSA) is 46.6 Å². The Bertz CT molecular complexity index is 882. The van der Waals surface area contributed by atoms with Crippen molar-refractivity contribution in [1.29, 1.82) is 0 Å². The van der Waals surface area contributed by atoms with Gasteiger partial charge in [-0.15, -0.1) is 0 Å². The first-order valence-corrected chi connectivity index (χ1v) is 8.89. The molecule has 1 heterocycles. The fourth-order valence-electron chi connectivity index (χ4n) is 2.36. The van der Waals surface area contributed by atoms with Crippen LogP contribution in [0.1, 0.15) is 11.1 Å². The Labute approximate surface area is 159 Å². The van der Waals surface area contributed by atoms with E-state index in [4.69, 9.17) is 27.9 Å². The molecule has 0 spiro atoms. The lowest BCUT2D eigenvalue weighted by molar-refractivity contribution is -0.123. The van der Waals surface area contributed by atoms with Gasteiger partial charge in [0, 0.05) is 5.02 Å². The van der Waals surface area contributed by atoms with Crippen molar-refractivity contribution >= 4 is 52.2 Å². The van der Waals surface area contributed by atoms with Crippen LogP contribution in [0, 0.1) is 0 Å². The van der Waals surface area contributed by atoms with Gasteiger partial charge in [-0.05, 0) is 47.2 Å². The van der Waals surface area contributed by atoms with Crippen molar-refractivity contribution in [3.05, 3.63) is 68.5 Å². The van der Waals surface area contributed by atoms with E-state index in [0.29, 0.717) is 26.3 Å². The van der Waals surface area contributed by atoms with E-state index >= 15 is 0 Å². The highest BCUT2D eigenvalue weighted by molar-refractivity contribution is 8.18. The molecular formula is C18H13Cl2NO3S. The summed E-state index contributed by atoms with van der Waals surface area (Å²) in [4.78, 5) is 26.3. The molecule has 0 aromatic heterocycles. The molecule has 0 bridgehead atoms. The first-order valence-electron chi connectivity index (χ1n) is 7.32. The van der Waals surface area contributed by atoms with E-state index in [-0.39, 0.29) is 17.7 Å². The zero-order chi connectivity index (χ0) is 18.0. The molecule has 0 N–H and O–H groups in total. The number of methoxy groups -OCH3 is 1. The number of rotatable bonds is 4. The molecule has 1 aliphatic rings. The summed E-state index contributed by atoms with van der Waals surface area (Å²) in [5.41, 5.74) is 1.44. The summed E-state index contributed by atoms with van der Waals surface area (Å²) < 4.78 is 5.10. The van der Waals surface area contributed by atoms with E-state index in [1.165, 1.54) is 12.0 Å². The molecule has 2 aromatic rings. The van der Waals surface area contributed by atoms with Crippen molar-refractivity contribution < 1.29 is 14.3 Å². The fraction of sp³-hybridized carbons (Fsp3) is 0.111. The minimum atomic E-state index is -0.345. The third kappa shape index (κ3) is 3.84. The van der Waals surface area contributed by atoms with E-state index < -0.39 is 0 Å². The minimum Gasteiger partial charge on any atom is -0.495 e. The largest absolute Gasteiger partial charge is 0.495 e. The lowest BCUT2D eigenvalue weighted by Crippen LogP contribution is -2.27. The van der Waals surface area contributed by atoms with Crippen LogP contribution in [0.25, 0.3) is 6.08 Å². The third-order valence-electron chi connectivity index (χ3n) is 3.63. The van der Waals surface area contributed by atoms with Crippen LogP contribution in [-0.4, -0.2) is 23.2 Å². The van der Waals surface area contributed by atoms with Crippen LogP contribution in [0.4, 0.5) is 4.79 Å². The molecule has 128 valence electrons. The number of ether oxygens (including phenoxy) is 1.